The van der Waals surface area contributed by atoms with E-state index in [1.54, 1.807) is 24.0 Å². The Bertz CT molecular complexity index is 1240. The molecule has 184 valence electrons. The maximum atomic E-state index is 13.2. The number of ether oxygens (including phenoxy) is 1. The Balaban J connectivity index is 1.30. The van der Waals surface area contributed by atoms with Gasteiger partial charge in [-0.3, -0.25) is 14.6 Å². The molecular formula is C25H25F3N4O3. The van der Waals surface area contributed by atoms with Crippen molar-refractivity contribution in [1.82, 2.24) is 14.9 Å². The van der Waals surface area contributed by atoms with Crippen LogP contribution < -0.4 is 5.32 Å². The van der Waals surface area contributed by atoms with E-state index in [0.29, 0.717) is 34.1 Å². The molecule has 5 rings (SSSR count). The summed E-state index contributed by atoms with van der Waals surface area (Å²) in [5.41, 5.74) is 2.82. The zero-order valence-corrected chi connectivity index (χ0v) is 19.5. The minimum Gasteiger partial charge on any atom is -0.484 e. The van der Waals surface area contributed by atoms with Gasteiger partial charge >= 0.3 is 6.18 Å². The lowest BCUT2D eigenvalue weighted by atomic mass is 10.0. The monoisotopic (exact) mass is 486 g/mol. The molecule has 4 unspecified atom stereocenters. The Morgan fingerprint density at radius 2 is 2.11 bits per heavy atom. The molecule has 0 bridgehead atoms. The third-order valence-electron chi connectivity index (χ3n) is 7.10. The molecule has 2 aromatic heterocycles. The number of carbonyl (C=O) groups excluding carboxylic acids is 2. The number of nitrogens with zero attached hydrogens (tertiary/aromatic N) is 3. The minimum atomic E-state index is -4.24. The van der Waals surface area contributed by atoms with Gasteiger partial charge in [0.1, 0.15) is 11.9 Å². The molecular weight excluding hydrogens is 461 g/mol. The summed E-state index contributed by atoms with van der Waals surface area (Å²) in [6, 6.07) is 3.01. The van der Waals surface area contributed by atoms with E-state index in [9.17, 15) is 22.8 Å². The second kappa shape index (κ2) is 8.35. The van der Waals surface area contributed by atoms with Gasteiger partial charge in [0.2, 0.25) is 0 Å². The largest absolute Gasteiger partial charge is 0.484 e. The standard InChI is InChI=1S/C25H25F3N4O3/c1-12-8-15(10-30-19(12)4-6-25(26,27)28)14(3)32-11-18-16(24(32)34)5-7-29-22(18)31-23(33)20-9-17-13(2)21(17)35-20/h5,7-10,13-14,17,21H,4,6,11H2,1-3H3,(H,29,31,33). The third kappa shape index (κ3) is 4.37. The smallest absolute Gasteiger partial charge is 0.389 e. The van der Waals surface area contributed by atoms with Crippen molar-refractivity contribution in [2.24, 2.45) is 11.8 Å². The highest BCUT2D eigenvalue weighted by Crippen LogP contribution is 2.49. The van der Waals surface area contributed by atoms with E-state index in [1.807, 2.05) is 13.0 Å². The second-order valence-corrected chi connectivity index (χ2v) is 9.45. The molecule has 10 heteroatoms. The normalized spacial score (nSPS) is 23.4. The van der Waals surface area contributed by atoms with Crippen LogP contribution in [0.1, 0.15) is 59.1 Å². The summed E-state index contributed by atoms with van der Waals surface area (Å²) in [6.45, 7) is 5.86. The second-order valence-electron chi connectivity index (χ2n) is 9.45. The van der Waals surface area contributed by atoms with E-state index >= 15 is 0 Å². The molecule has 2 amide bonds. The van der Waals surface area contributed by atoms with Gasteiger partial charge in [0, 0.05) is 47.5 Å². The molecule has 4 heterocycles. The van der Waals surface area contributed by atoms with E-state index < -0.39 is 18.5 Å². The number of pyridine rings is 2. The lowest BCUT2D eigenvalue weighted by molar-refractivity contribution is -0.134. The predicted octanol–water partition coefficient (Wildman–Crippen LogP) is 4.48. The number of nitrogens with one attached hydrogen (secondary N) is 1. The summed E-state index contributed by atoms with van der Waals surface area (Å²) in [5.74, 6) is 0.689. The highest BCUT2D eigenvalue weighted by Gasteiger charge is 2.53. The van der Waals surface area contributed by atoms with E-state index in [-0.39, 0.29) is 42.7 Å². The number of anilines is 1. The van der Waals surface area contributed by atoms with Crippen molar-refractivity contribution in [1.29, 1.82) is 0 Å². The average molecular weight is 486 g/mol. The Hall–Kier alpha value is -3.43. The van der Waals surface area contributed by atoms with Crippen molar-refractivity contribution in [2.45, 2.75) is 58.5 Å². The first-order chi connectivity index (χ1) is 16.5. The highest BCUT2D eigenvalue weighted by molar-refractivity contribution is 6.05. The van der Waals surface area contributed by atoms with Gasteiger partial charge in [-0.25, -0.2) is 4.98 Å². The van der Waals surface area contributed by atoms with Gasteiger partial charge in [-0.2, -0.15) is 13.2 Å². The maximum Gasteiger partial charge on any atom is 0.389 e. The first-order valence-corrected chi connectivity index (χ1v) is 11.5. The number of hydrogen-bond acceptors (Lipinski definition) is 5. The summed E-state index contributed by atoms with van der Waals surface area (Å²) in [4.78, 5) is 36.0. The number of rotatable bonds is 6. The summed E-state index contributed by atoms with van der Waals surface area (Å²) in [6.07, 6.45) is -0.454. The van der Waals surface area contributed by atoms with Crippen molar-refractivity contribution < 1.29 is 27.5 Å². The summed E-state index contributed by atoms with van der Waals surface area (Å²) in [5, 5.41) is 2.78. The van der Waals surface area contributed by atoms with Crippen LogP contribution in [0.25, 0.3) is 0 Å². The zero-order chi connectivity index (χ0) is 25.1. The average Bonchev–Trinajstić information content (AvgIpc) is 3.15. The number of amides is 2. The summed E-state index contributed by atoms with van der Waals surface area (Å²) >= 11 is 0. The molecule has 4 atom stereocenters. The molecule has 3 aliphatic rings. The van der Waals surface area contributed by atoms with Gasteiger partial charge in [0.05, 0.1) is 12.6 Å². The molecule has 0 radical (unpaired) electrons. The lowest BCUT2D eigenvalue weighted by Gasteiger charge is -2.25. The molecule has 1 fully saturated rings. The van der Waals surface area contributed by atoms with Gasteiger partial charge in [-0.05, 0) is 43.5 Å². The van der Waals surface area contributed by atoms with E-state index in [1.165, 1.54) is 12.4 Å². The van der Waals surface area contributed by atoms with E-state index in [4.69, 9.17) is 4.74 Å². The first kappa shape index (κ1) is 23.3. The minimum absolute atomic E-state index is 0.0695. The van der Waals surface area contributed by atoms with Crippen LogP contribution in [0.2, 0.25) is 0 Å². The van der Waals surface area contributed by atoms with Gasteiger partial charge in [-0.1, -0.05) is 13.0 Å². The molecule has 0 saturated heterocycles. The van der Waals surface area contributed by atoms with Crippen LogP contribution in [0.5, 0.6) is 0 Å². The predicted molar refractivity (Wildman–Crippen MR) is 120 cm³/mol. The van der Waals surface area contributed by atoms with Gasteiger partial charge in [-0.15, -0.1) is 0 Å². The van der Waals surface area contributed by atoms with Crippen molar-refractivity contribution in [2.75, 3.05) is 5.32 Å². The third-order valence-corrected chi connectivity index (χ3v) is 7.10. The fourth-order valence-electron chi connectivity index (χ4n) is 4.77. The molecule has 2 aromatic rings. The number of alkyl halides is 3. The quantitative estimate of drug-likeness (QED) is 0.651. The molecule has 1 aliphatic carbocycles. The van der Waals surface area contributed by atoms with Crippen molar-refractivity contribution in [3.63, 3.8) is 0 Å². The van der Waals surface area contributed by atoms with Crippen molar-refractivity contribution in [3.8, 4) is 0 Å². The van der Waals surface area contributed by atoms with Gasteiger partial charge < -0.3 is 15.0 Å². The Labute approximate surface area is 200 Å². The number of carbonyl (C=O) groups is 2. The van der Waals surface area contributed by atoms with Crippen LogP contribution in [-0.2, 0) is 22.5 Å². The van der Waals surface area contributed by atoms with Crippen LogP contribution in [0.3, 0.4) is 0 Å². The molecule has 7 nitrogen and oxygen atoms in total. The molecule has 35 heavy (non-hydrogen) atoms. The zero-order valence-electron chi connectivity index (χ0n) is 19.5. The van der Waals surface area contributed by atoms with Crippen LogP contribution >= 0.6 is 0 Å². The Kier molecular flexibility index (Phi) is 5.56. The number of aromatic nitrogens is 2. The van der Waals surface area contributed by atoms with Crippen LogP contribution in [0.4, 0.5) is 19.0 Å². The maximum absolute atomic E-state index is 13.2. The summed E-state index contributed by atoms with van der Waals surface area (Å²) in [7, 11) is 0. The molecule has 1 saturated carbocycles. The molecule has 0 aromatic carbocycles. The number of fused-ring (bicyclic) bond motifs is 2. The SMILES string of the molecule is Cc1cc(C(C)N2Cc3c(ccnc3NC(=O)C3=CC4C(C)C4O3)C2=O)cnc1CCC(F)(F)F. The molecule has 2 aliphatic heterocycles. The topological polar surface area (TPSA) is 84.4 Å². The summed E-state index contributed by atoms with van der Waals surface area (Å²) < 4.78 is 43.4. The van der Waals surface area contributed by atoms with Crippen molar-refractivity contribution in [3.05, 3.63) is 64.3 Å². The van der Waals surface area contributed by atoms with Gasteiger partial charge in [0.25, 0.3) is 11.8 Å². The highest BCUT2D eigenvalue weighted by atomic mass is 19.4. The van der Waals surface area contributed by atoms with Crippen LogP contribution in [0, 0.1) is 18.8 Å². The van der Waals surface area contributed by atoms with E-state index in [2.05, 4.69) is 22.2 Å². The van der Waals surface area contributed by atoms with Crippen molar-refractivity contribution >= 4 is 17.6 Å². The Morgan fingerprint density at radius 3 is 2.77 bits per heavy atom. The van der Waals surface area contributed by atoms with Gasteiger partial charge in [0.15, 0.2) is 5.76 Å². The number of halogens is 3. The molecule has 0 spiro atoms. The number of hydrogen-bond donors (Lipinski definition) is 1. The fraction of sp³-hybridized carbons (Fsp3) is 0.440. The van der Waals surface area contributed by atoms with E-state index in [0.717, 1.165) is 5.56 Å². The van der Waals surface area contributed by atoms with Crippen LogP contribution in [-0.4, -0.2) is 39.0 Å². The van der Waals surface area contributed by atoms with Crippen LogP contribution in [0.15, 0.2) is 36.4 Å². The fourth-order valence-corrected chi connectivity index (χ4v) is 4.77. The Morgan fingerprint density at radius 1 is 1.34 bits per heavy atom. The first-order valence-electron chi connectivity index (χ1n) is 11.5. The molecule has 1 N–H and O–H groups in total. The number of aryl methyl sites for hydroxylation is 2. The lowest BCUT2D eigenvalue weighted by Crippen LogP contribution is -2.27.